The van der Waals surface area contributed by atoms with Crippen LogP contribution in [0.3, 0.4) is 0 Å². The molecule has 0 aromatic carbocycles. The highest BCUT2D eigenvalue weighted by Crippen LogP contribution is 2.27. The Bertz CT molecular complexity index is 464. The van der Waals surface area contributed by atoms with Gasteiger partial charge in [0.15, 0.2) is 0 Å². The summed E-state index contributed by atoms with van der Waals surface area (Å²) in [5.41, 5.74) is 0.474. The lowest BCUT2D eigenvalue weighted by Crippen LogP contribution is -2.26. The van der Waals surface area contributed by atoms with Crippen molar-refractivity contribution in [1.29, 1.82) is 0 Å². The highest BCUT2D eigenvalue weighted by Gasteiger charge is 2.31. The van der Waals surface area contributed by atoms with Gasteiger partial charge < -0.3 is 10.0 Å². The number of hydrogen-bond acceptors (Lipinski definition) is 4. The number of carboxylic acid groups (broad SMARTS) is 1. The normalized spacial score (nSPS) is 19.7. The van der Waals surface area contributed by atoms with Crippen LogP contribution in [0.1, 0.15) is 16.8 Å². The standard InChI is InChI=1S/C11H12N2O3S/c14-10-3-7(6-17)5-13(10)9-1-2-12-4-8(9)11(15)16/h1-2,4,7,17H,3,5-6H2,(H,15,16). The van der Waals surface area contributed by atoms with E-state index in [-0.39, 0.29) is 17.4 Å². The highest BCUT2D eigenvalue weighted by molar-refractivity contribution is 7.80. The van der Waals surface area contributed by atoms with Crippen LogP contribution in [0.25, 0.3) is 0 Å². The number of hydrogen-bond donors (Lipinski definition) is 2. The molecule has 0 saturated carbocycles. The van der Waals surface area contributed by atoms with E-state index in [0.29, 0.717) is 24.4 Å². The van der Waals surface area contributed by atoms with Gasteiger partial charge in [0.25, 0.3) is 0 Å². The summed E-state index contributed by atoms with van der Waals surface area (Å²) in [6.07, 6.45) is 3.17. The topological polar surface area (TPSA) is 70.5 Å². The molecule has 17 heavy (non-hydrogen) atoms. The average molecular weight is 252 g/mol. The van der Waals surface area contributed by atoms with E-state index in [2.05, 4.69) is 17.6 Å². The second-order valence-corrected chi connectivity index (χ2v) is 4.32. The quantitative estimate of drug-likeness (QED) is 0.789. The van der Waals surface area contributed by atoms with Crippen molar-refractivity contribution in [2.24, 2.45) is 5.92 Å². The minimum Gasteiger partial charge on any atom is -0.478 e. The number of amides is 1. The monoisotopic (exact) mass is 252 g/mol. The first-order chi connectivity index (χ1) is 8.13. The van der Waals surface area contributed by atoms with Crippen LogP contribution in [0, 0.1) is 5.92 Å². The van der Waals surface area contributed by atoms with Crippen molar-refractivity contribution in [2.45, 2.75) is 6.42 Å². The van der Waals surface area contributed by atoms with Crippen LogP contribution in [0.4, 0.5) is 5.69 Å². The molecule has 1 atom stereocenters. The molecule has 0 aliphatic carbocycles. The molecule has 1 amide bonds. The van der Waals surface area contributed by atoms with E-state index in [9.17, 15) is 9.59 Å². The zero-order chi connectivity index (χ0) is 12.4. The number of carboxylic acids is 1. The highest BCUT2D eigenvalue weighted by atomic mass is 32.1. The van der Waals surface area contributed by atoms with Crippen molar-refractivity contribution >= 4 is 30.2 Å². The maximum atomic E-state index is 11.8. The van der Waals surface area contributed by atoms with Crippen molar-refractivity contribution in [3.8, 4) is 0 Å². The Hall–Kier alpha value is -1.56. The lowest BCUT2D eigenvalue weighted by atomic mass is 10.1. The van der Waals surface area contributed by atoms with Gasteiger partial charge in [-0.05, 0) is 17.7 Å². The molecule has 0 spiro atoms. The van der Waals surface area contributed by atoms with Crippen LogP contribution in [0.2, 0.25) is 0 Å². The maximum Gasteiger partial charge on any atom is 0.339 e. The predicted octanol–water partition coefficient (Wildman–Crippen LogP) is 1.06. The van der Waals surface area contributed by atoms with Crippen LogP contribution >= 0.6 is 12.6 Å². The minimum atomic E-state index is -1.07. The van der Waals surface area contributed by atoms with E-state index in [0.717, 1.165) is 0 Å². The molecule has 1 fully saturated rings. The molecule has 1 N–H and O–H groups in total. The summed E-state index contributed by atoms with van der Waals surface area (Å²) >= 11 is 4.17. The fourth-order valence-electron chi connectivity index (χ4n) is 1.92. The van der Waals surface area contributed by atoms with Gasteiger partial charge in [-0.2, -0.15) is 12.6 Å². The minimum absolute atomic E-state index is 0.0562. The molecule has 1 saturated heterocycles. The predicted molar refractivity (Wildman–Crippen MR) is 65.5 cm³/mol. The van der Waals surface area contributed by atoms with Crippen LogP contribution in [-0.4, -0.2) is 34.3 Å². The summed E-state index contributed by atoms with van der Waals surface area (Å²) in [4.78, 5) is 28.1. The van der Waals surface area contributed by atoms with Gasteiger partial charge in [0, 0.05) is 25.4 Å². The van der Waals surface area contributed by atoms with Gasteiger partial charge in [-0.1, -0.05) is 0 Å². The molecule has 1 aliphatic heterocycles. The largest absolute Gasteiger partial charge is 0.478 e. The second-order valence-electron chi connectivity index (χ2n) is 3.96. The number of pyridine rings is 1. The van der Waals surface area contributed by atoms with Gasteiger partial charge in [0.05, 0.1) is 5.69 Å². The van der Waals surface area contributed by atoms with E-state index in [1.807, 2.05) is 0 Å². The van der Waals surface area contributed by atoms with Gasteiger partial charge >= 0.3 is 5.97 Å². The maximum absolute atomic E-state index is 11.8. The van der Waals surface area contributed by atoms with Gasteiger partial charge in [-0.25, -0.2) is 4.79 Å². The summed E-state index contributed by atoms with van der Waals surface area (Å²) in [7, 11) is 0. The smallest absolute Gasteiger partial charge is 0.339 e. The van der Waals surface area contributed by atoms with Crippen molar-refractivity contribution in [3.05, 3.63) is 24.0 Å². The number of nitrogens with zero attached hydrogens (tertiary/aromatic N) is 2. The molecular weight excluding hydrogens is 240 g/mol. The fraction of sp³-hybridized carbons (Fsp3) is 0.364. The van der Waals surface area contributed by atoms with E-state index in [1.54, 1.807) is 6.07 Å². The lowest BCUT2D eigenvalue weighted by molar-refractivity contribution is -0.117. The van der Waals surface area contributed by atoms with Crippen LogP contribution in [-0.2, 0) is 4.79 Å². The Balaban J connectivity index is 2.35. The number of aromatic carboxylic acids is 1. The Kier molecular flexibility index (Phi) is 3.33. The molecule has 6 heteroatoms. The molecule has 1 aromatic heterocycles. The third-order valence-corrected chi connectivity index (χ3v) is 3.30. The van der Waals surface area contributed by atoms with Crippen molar-refractivity contribution < 1.29 is 14.7 Å². The molecular formula is C11H12N2O3S. The Morgan fingerprint density at radius 1 is 1.65 bits per heavy atom. The first kappa shape index (κ1) is 11.9. The van der Waals surface area contributed by atoms with E-state index >= 15 is 0 Å². The van der Waals surface area contributed by atoms with Gasteiger partial charge in [-0.15, -0.1) is 0 Å². The van der Waals surface area contributed by atoms with Crippen molar-refractivity contribution in [2.75, 3.05) is 17.2 Å². The SMILES string of the molecule is O=C(O)c1cnccc1N1CC(CS)CC1=O. The summed E-state index contributed by atoms with van der Waals surface area (Å²) < 4.78 is 0. The Morgan fingerprint density at radius 3 is 3.00 bits per heavy atom. The molecule has 0 radical (unpaired) electrons. The molecule has 5 nitrogen and oxygen atoms in total. The molecule has 90 valence electrons. The molecule has 1 aromatic rings. The number of anilines is 1. The van der Waals surface area contributed by atoms with E-state index < -0.39 is 5.97 Å². The molecule has 1 unspecified atom stereocenters. The number of carbonyl (C=O) groups excluding carboxylic acids is 1. The average Bonchev–Trinajstić information content (AvgIpc) is 2.70. The van der Waals surface area contributed by atoms with Gasteiger partial charge in [0.1, 0.15) is 5.56 Å². The number of rotatable bonds is 3. The second kappa shape index (κ2) is 4.75. The van der Waals surface area contributed by atoms with Gasteiger partial charge in [0.2, 0.25) is 5.91 Å². The first-order valence-electron chi connectivity index (χ1n) is 5.22. The summed E-state index contributed by atoms with van der Waals surface area (Å²) in [6.45, 7) is 0.520. The Labute approximate surface area is 104 Å². The zero-order valence-electron chi connectivity index (χ0n) is 9.04. The third kappa shape index (κ3) is 2.26. The summed E-state index contributed by atoms with van der Waals surface area (Å²) in [5.74, 6) is -0.330. The van der Waals surface area contributed by atoms with Crippen LogP contribution in [0.15, 0.2) is 18.5 Å². The zero-order valence-corrected chi connectivity index (χ0v) is 9.93. The lowest BCUT2D eigenvalue weighted by Gasteiger charge is -2.18. The van der Waals surface area contributed by atoms with Crippen LogP contribution < -0.4 is 4.90 Å². The van der Waals surface area contributed by atoms with Crippen molar-refractivity contribution in [1.82, 2.24) is 4.98 Å². The summed E-state index contributed by atoms with van der Waals surface area (Å²) in [5, 5.41) is 9.04. The first-order valence-corrected chi connectivity index (χ1v) is 5.85. The number of aromatic nitrogens is 1. The third-order valence-electron chi connectivity index (χ3n) is 2.78. The molecule has 2 heterocycles. The molecule has 0 bridgehead atoms. The van der Waals surface area contributed by atoms with Crippen LogP contribution in [0.5, 0.6) is 0 Å². The molecule has 1 aliphatic rings. The number of carbonyl (C=O) groups is 2. The Morgan fingerprint density at radius 2 is 2.41 bits per heavy atom. The number of thiol groups is 1. The summed E-state index contributed by atoms with van der Waals surface area (Å²) in [6, 6.07) is 1.56. The van der Waals surface area contributed by atoms with E-state index in [1.165, 1.54) is 17.3 Å². The molecule has 2 rings (SSSR count). The van der Waals surface area contributed by atoms with Crippen molar-refractivity contribution in [3.63, 3.8) is 0 Å². The van der Waals surface area contributed by atoms with E-state index in [4.69, 9.17) is 5.11 Å². The van der Waals surface area contributed by atoms with Gasteiger partial charge in [-0.3, -0.25) is 9.78 Å². The fourth-order valence-corrected chi connectivity index (χ4v) is 2.17.